The average Bonchev–Trinajstić information content (AvgIpc) is 3.20. The number of hydrogen-bond acceptors (Lipinski definition) is 5. The fourth-order valence-electron chi connectivity index (χ4n) is 7.72. The molecule has 0 spiro atoms. The number of unbranched alkanes of at least 4 members (excludes halogenated alkanes) is 30. The Morgan fingerprint density at radius 2 is 0.877 bits per heavy atom. The molecular weight excluding hydrogens is 707 g/mol. The van der Waals surface area contributed by atoms with Crippen molar-refractivity contribution in [3.05, 3.63) is 24.3 Å². The van der Waals surface area contributed by atoms with E-state index in [1.165, 1.54) is 148 Å². The van der Waals surface area contributed by atoms with E-state index in [0.29, 0.717) is 19.3 Å². The third kappa shape index (κ3) is 40.9. The van der Waals surface area contributed by atoms with Crippen molar-refractivity contribution >= 4 is 11.9 Å². The fourth-order valence-corrected chi connectivity index (χ4v) is 7.72. The molecule has 3 N–H and O–H groups in total. The molecule has 0 rings (SSSR count). The minimum absolute atomic E-state index is 0.0689. The van der Waals surface area contributed by atoms with Gasteiger partial charge in [0.2, 0.25) is 5.91 Å². The average molecular weight is 804 g/mol. The topological polar surface area (TPSA) is 95.9 Å². The maximum absolute atomic E-state index is 13.2. The Labute approximate surface area is 354 Å². The van der Waals surface area contributed by atoms with E-state index in [0.717, 1.165) is 70.6 Å². The van der Waals surface area contributed by atoms with Crippen LogP contribution in [0.4, 0.5) is 0 Å². The predicted molar refractivity (Wildman–Crippen MR) is 246 cm³/mol. The van der Waals surface area contributed by atoms with E-state index in [-0.39, 0.29) is 24.9 Å². The summed E-state index contributed by atoms with van der Waals surface area (Å²) in [5, 5.41) is 23.7. The highest BCUT2D eigenvalue weighted by molar-refractivity contribution is 5.77. The maximum atomic E-state index is 13.2. The molecule has 0 saturated carbocycles. The number of aliphatic hydroxyl groups is 2. The molecule has 0 aromatic rings. The fraction of sp³-hybridized carbons (Fsp3) is 0.882. The van der Waals surface area contributed by atoms with E-state index in [2.05, 4.69) is 50.4 Å². The van der Waals surface area contributed by atoms with Gasteiger partial charge in [-0.05, 0) is 51.4 Å². The molecule has 0 aromatic heterocycles. The van der Waals surface area contributed by atoms with Crippen molar-refractivity contribution in [2.75, 3.05) is 6.61 Å². The normalized spacial score (nSPS) is 13.4. The molecule has 0 aliphatic carbocycles. The number of carbonyl (C=O) groups is 2. The Balaban J connectivity index is 4.58. The molecule has 0 aromatic carbocycles. The number of carbonyl (C=O) groups excluding carboxylic acids is 2. The number of esters is 1. The Kier molecular flexibility index (Phi) is 44.1. The molecule has 0 saturated heterocycles. The second kappa shape index (κ2) is 45.4. The Bertz CT molecular complexity index is 904. The molecule has 3 unspecified atom stereocenters. The SMILES string of the molecule is CCCCC/C=C/C=C/CCCCCCC(CC(=O)NC(CO)C(O)CCCCCCCCCCCCCCC)OC(=O)CCCCCCCCCCCCCC. The van der Waals surface area contributed by atoms with Crippen LogP contribution in [0.25, 0.3) is 0 Å². The lowest BCUT2D eigenvalue weighted by atomic mass is 10.0. The lowest BCUT2D eigenvalue weighted by Gasteiger charge is -2.24. The highest BCUT2D eigenvalue weighted by Gasteiger charge is 2.24. The van der Waals surface area contributed by atoms with E-state index >= 15 is 0 Å². The van der Waals surface area contributed by atoms with E-state index in [9.17, 15) is 19.8 Å². The summed E-state index contributed by atoms with van der Waals surface area (Å²) in [6.45, 7) is 6.45. The summed E-state index contributed by atoms with van der Waals surface area (Å²) in [5.74, 6) is -0.483. The predicted octanol–water partition coefficient (Wildman–Crippen LogP) is 14.7. The van der Waals surface area contributed by atoms with E-state index < -0.39 is 18.2 Å². The van der Waals surface area contributed by atoms with Gasteiger partial charge in [0.25, 0.3) is 0 Å². The van der Waals surface area contributed by atoms with Crippen LogP contribution in [0.3, 0.4) is 0 Å². The standard InChI is InChI=1S/C51H97NO5/c1-4-7-10-13-16-19-22-25-27-30-33-36-39-42-47(57-51(56)44-41-38-35-32-29-24-21-18-15-12-9-6-3)45-50(55)52-48(46-53)49(54)43-40-37-34-31-28-26-23-20-17-14-11-8-5-2/h16,19,22,25,47-49,53-54H,4-15,17-18,20-21,23-24,26-46H2,1-3H3,(H,52,55)/b19-16+,25-22+. The Morgan fingerprint density at radius 1 is 0.509 bits per heavy atom. The minimum atomic E-state index is -0.788. The second-order valence-corrected chi connectivity index (χ2v) is 17.3. The summed E-state index contributed by atoms with van der Waals surface area (Å²) in [6.07, 6.45) is 50.9. The monoisotopic (exact) mass is 804 g/mol. The maximum Gasteiger partial charge on any atom is 0.306 e. The summed E-state index contributed by atoms with van der Waals surface area (Å²) >= 11 is 0. The number of allylic oxidation sites excluding steroid dienone is 4. The third-order valence-electron chi connectivity index (χ3n) is 11.6. The van der Waals surface area contributed by atoms with Crippen LogP contribution in [-0.2, 0) is 14.3 Å². The van der Waals surface area contributed by atoms with Gasteiger partial charge < -0.3 is 20.3 Å². The van der Waals surface area contributed by atoms with Gasteiger partial charge in [-0.25, -0.2) is 0 Å². The van der Waals surface area contributed by atoms with Gasteiger partial charge in [-0.15, -0.1) is 0 Å². The number of aliphatic hydroxyl groups excluding tert-OH is 2. The van der Waals surface area contributed by atoms with Crippen molar-refractivity contribution in [2.24, 2.45) is 0 Å². The Hall–Kier alpha value is -1.66. The molecule has 6 heteroatoms. The molecule has 57 heavy (non-hydrogen) atoms. The largest absolute Gasteiger partial charge is 0.462 e. The number of ether oxygens (including phenoxy) is 1. The smallest absolute Gasteiger partial charge is 0.306 e. The number of rotatable bonds is 45. The third-order valence-corrected chi connectivity index (χ3v) is 11.6. The van der Waals surface area contributed by atoms with Crippen LogP contribution in [0, 0.1) is 0 Å². The van der Waals surface area contributed by atoms with Crippen LogP contribution in [0.15, 0.2) is 24.3 Å². The molecular formula is C51H97NO5. The minimum Gasteiger partial charge on any atom is -0.462 e. The second-order valence-electron chi connectivity index (χ2n) is 17.3. The van der Waals surface area contributed by atoms with Crippen LogP contribution >= 0.6 is 0 Å². The Morgan fingerprint density at radius 3 is 1.33 bits per heavy atom. The number of nitrogens with one attached hydrogen (secondary N) is 1. The molecule has 6 nitrogen and oxygen atoms in total. The van der Waals surface area contributed by atoms with Gasteiger partial charge in [-0.2, -0.15) is 0 Å². The van der Waals surface area contributed by atoms with Crippen molar-refractivity contribution in [3.8, 4) is 0 Å². The van der Waals surface area contributed by atoms with Gasteiger partial charge in [0, 0.05) is 6.42 Å². The van der Waals surface area contributed by atoms with Crippen LogP contribution in [-0.4, -0.2) is 46.9 Å². The zero-order valence-corrected chi connectivity index (χ0v) is 38.2. The quantitative estimate of drug-likeness (QED) is 0.0324. The number of hydrogen-bond donors (Lipinski definition) is 3. The molecule has 0 fully saturated rings. The first-order chi connectivity index (χ1) is 28.0. The van der Waals surface area contributed by atoms with Gasteiger partial charge >= 0.3 is 5.97 Å². The molecule has 0 heterocycles. The molecule has 0 aliphatic heterocycles. The van der Waals surface area contributed by atoms with Crippen molar-refractivity contribution in [1.29, 1.82) is 0 Å². The van der Waals surface area contributed by atoms with Crippen molar-refractivity contribution < 1.29 is 24.5 Å². The van der Waals surface area contributed by atoms with E-state index in [4.69, 9.17) is 4.74 Å². The lowest BCUT2D eigenvalue weighted by Crippen LogP contribution is -2.46. The first-order valence-electron chi connectivity index (χ1n) is 25.1. The van der Waals surface area contributed by atoms with E-state index in [1.807, 2.05) is 0 Å². The first-order valence-corrected chi connectivity index (χ1v) is 25.1. The van der Waals surface area contributed by atoms with Crippen molar-refractivity contribution in [3.63, 3.8) is 0 Å². The molecule has 336 valence electrons. The molecule has 0 aliphatic rings. The molecule has 3 atom stereocenters. The van der Waals surface area contributed by atoms with Crippen LogP contribution in [0.2, 0.25) is 0 Å². The van der Waals surface area contributed by atoms with Crippen LogP contribution in [0.5, 0.6) is 0 Å². The van der Waals surface area contributed by atoms with Crippen molar-refractivity contribution in [1.82, 2.24) is 5.32 Å². The van der Waals surface area contributed by atoms with Gasteiger partial charge in [0.15, 0.2) is 0 Å². The van der Waals surface area contributed by atoms with Gasteiger partial charge in [-0.1, -0.05) is 225 Å². The first kappa shape index (κ1) is 55.3. The summed E-state index contributed by atoms with van der Waals surface area (Å²) in [4.78, 5) is 26.1. The van der Waals surface area contributed by atoms with E-state index in [1.54, 1.807) is 0 Å². The summed E-state index contributed by atoms with van der Waals surface area (Å²) < 4.78 is 5.91. The summed E-state index contributed by atoms with van der Waals surface area (Å²) in [6, 6.07) is -0.702. The molecule has 0 radical (unpaired) electrons. The van der Waals surface area contributed by atoms with Crippen molar-refractivity contribution in [2.45, 2.75) is 283 Å². The summed E-state index contributed by atoms with van der Waals surface area (Å²) in [5.41, 5.74) is 0. The molecule has 0 bridgehead atoms. The van der Waals surface area contributed by atoms with Gasteiger partial charge in [-0.3, -0.25) is 9.59 Å². The highest BCUT2D eigenvalue weighted by atomic mass is 16.5. The zero-order valence-electron chi connectivity index (χ0n) is 38.2. The van der Waals surface area contributed by atoms with Crippen LogP contribution in [0.1, 0.15) is 265 Å². The lowest BCUT2D eigenvalue weighted by molar-refractivity contribution is -0.151. The van der Waals surface area contributed by atoms with Gasteiger partial charge in [0.05, 0.1) is 25.2 Å². The summed E-state index contributed by atoms with van der Waals surface area (Å²) in [7, 11) is 0. The van der Waals surface area contributed by atoms with Crippen LogP contribution < -0.4 is 5.32 Å². The number of amides is 1. The highest BCUT2D eigenvalue weighted by Crippen LogP contribution is 2.18. The molecule has 1 amide bonds. The zero-order chi connectivity index (χ0) is 41.7. The van der Waals surface area contributed by atoms with Gasteiger partial charge in [0.1, 0.15) is 6.10 Å².